The predicted molar refractivity (Wildman–Crippen MR) is 99.1 cm³/mol. The molecule has 0 aliphatic carbocycles. The van der Waals surface area contributed by atoms with Crippen molar-refractivity contribution in [2.75, 3.05) is 6.61 Å². The zero-order chi connectivity index (χ0) is 18.0. The number of para-hydroxylation sites is 1. The number of rotatable bonds is 4. The summed E-state index contributed by atoms with van der Waals surface area (Å²) in [5, 5.41) is 0. The van der Waals surface area contributed by atoms with Crippen LogP contribution in [0.2, 0.25) is 0 Å². The van der Waals surface area contributed by atoms with Crippen molar-refractivity contribution in [1.82, 2.24) is 4.31 Å². The van der Waals surface area contributed by atoms with E-state index in [-0.39, 0.29) is 6.04 Å². The highest BCUT2D eigenvalue weighted by Crippen LogP contribution is 2.31. The van der Waals surface area contributed by atoms with E-state index in [9.17, 15) is 8.42 Å². The van der Waals surface area contributed by atoms with Gasteiger partial charge in [-0.25, -0.2) is 8.42 Å². The van der Waals surface area contributed by atoms with Crippen molar-refractivity contribution in [1.29, 1.82) is 0 Å². The first-order chi connectivity index (χ1) is 11.9. The Morgan fingerprint density at radius 2 is 1.80 bits per heavy atom. The fraction of sp³-hybridized carbons (Fsp3) is 0.400. The molecule has 2 aromatic rings. The van der Waals surface area contributed by atoms with Crippen LogP contribution in [0, 0.1) is 12.8 Å². The number of sulfonamides is 1. The molecule has 1 heterocycles. The lowest BCUT2D eigenvalue weighted by Crippen LogP contribution is -2.42. The summed E-state index contributed by atoms with van der Waals surface area (Å²) in [6, 6.07) is 14.6. The highest BCUT2D eigenvalue weighted by atomic mass is 32.2. The predicted octanol–water partition coefficient (Wildman–Crippen LogP) is 3.99. The Bertz CT molecular complexity index is 828. The summed E-state index contributed by atoms with van der Waals surface area (Å²) < 4.78 is 34.2. The Kier molecular flexibility index (Phi) is 5.16. The van der Waals surface area contributed by atoms with Crippen molar-refractivity contribution in [2.45, 2.75) is 44.7 Å². The molecule has 0 saturated heterocycles. The third-order valence-electron chi connectivity index (χ3n) is 4.51. The molecule has 0 aromatic heterocycles. The molecule has 1 aliphatic rings. The summed E-state index contributed by atoms with van der Waals surface area (Å²) in [7, 11) is -3.59. The number of hydrogen-bond acceptors (Lipinski definition) is 3. The smallest absolute Gasteiger partial charge is 0.243 e. The quantitative estimate of drug-likeness (QED) is 0.829. The van der Waals surface area contributed by atoms with E-state index in [0.717, 1.165) is 23.3 Å². The first kappa shape index (κ1) is 18.0. The molecule has 0 amide bonds. The molecule has 0 saturated carbocycles. The van der Waals surface area contributed by atoms with Crippen LogP contribution in [-0.4, -0.2) is 25.4 Å². The lowest BCUT2D eigenvalue weighted by atomic mass is 10.0. The average Bonchev–Trinajstić information content (AvgIpc) is 2.75. The average molecular weight is 359 g/mol. The SMILES string of the molecule is Cc1ccc(S(=O)(=O)N2Cc3ccccc3OC[C@@H]2CC(C)C)cc1. The lowest BCUT2D eigenvalue weighted by molar-refractivity contribution is 0.197. The minimum absolute atomic E-state index is 0.182. The highest BCUT2D eigenvalue weighted by Gasteiger charge is 2.35. The molecule has 0 bridgehead atoms. The molecule has 1 aliphatic heterocycles. The summed E-state index contributed by atoms with van der Waals surface area (Å²) in [6.45, 7) is 6.88. The Labute approximate surface area is 150 Å². The molecular formula is C20H25NO3S. The van der Waals surface area contributed by atoms with Gasteiger partial charge in [-0.15, -0.1) is 0 Å². The van der Waals surface area contributed by atoms with Gasteiger partial charge in [-0.05, 0) is 37.5 Å². The van der Waals surface area contributed by atoms with Gasteiger partial charge in [-0.3, -0.25) is 0 Å². The van der Waals surface area contributed by atoms with Gasteiger partial charge in [0.25, 0.3) is 0 Å². The Morgan fingerprint density at radius 1 is 1.12 bits per heavy atom. The van der Waals surface area contributed by atoms with Crippen molar-refractivity contribution in [2.24, 2.45) is 5.92 Å². The second-order valence-electron chi connectivity index (χ2n) is 7.07. The molecule has 1 atom stereocenters. The van der Waals surface area contributed by atoms with E-state index in [0.29, 0.717) is 24.0 Å². The maximum absolute atomic E-state index is 13.3. The second-order valence-corrected chi connectivity index (χ2v) is 8.96. The fourth-order valence-electron chi connectivity index (χ4n) is 3.20. The summed E-state index contributed by atoms with van der Waals surface area (Å²) in [6.07, 6.45) is 0.763. The van der Waals surface area contributed by atoms with Gasteiger partial charge in [0.05, 0.1) is 10.9 Å². The molecule has 0 N–H and O–H groups in total. The number of benzene rings is 2. The van der Waals surface area contributed by atoms with Gasteiger partial charge in [-0.2, -0.15) is 4.31 Å². The molecule has 2 aromatic carbocycles. The van der Waals surface area contributed by atoms with Crippen LogP contribution in [-0.2, 0) is 16.6 Å². The van der Waals surface area contributed by atoms with Crippen molar-refractivity contribution in [3.8, 4) is 5.75 Å². The lowest BCUT2D eigenvalue weighted by Gasteiger charge is -2.29. The molecule has 134 valence electrons. The number of aryl methyl sites for hydroxylation is 1. The molecule has 0 spiro atoms. The third-order valence-corrected chi connectivity index (χ3v) is 6.42. The Balaban J connectivity index is 2.02. The molecule has 0 unspecified atom stereocenters. The van der Waals surface area contributed by atoms with Crippen LogP contribution < -0.4 is 4.74 Å². The standard InChI is InChI=1S/C20H25NO3S/c1-15(2)12-18-14-24-20-7-5-4-6-17(20)13-21(18)25(22,23)19-10-8-16(3)9-11-19/h4-11,15,18H,12-14H2,1-3H3/t18-/m0/s1. The monoisotopic (exact) mass is 359 g/mol. The zero-order valence-electron chi connectivity index (χ0n) is 15.0. The van der Waals surface area contributed by atoms with Crippen LogP contribution in [0.15, 0.2) is 53.4 Å². The minimum Gasteiger partial charge on any atom is -0.492 e. The summed E-state index contributed by atoms with van der Waals surface area (Å²) in [4.78, 5) is 0.339. The molecule has 0 fully saturated rings. The molecule has 0 radical (unpaired) electrons. The molecule has 5 heteroatoms. The van der Waals surface area contributed by atoms with Gasteiger partial charge in [0.1, 0.15) is 12.4 Å². The van der Waals surface area contributed by atoms with E-state index in [1.165, 1.54) is 0 Å². The first-order valence-corrected chi connectivity index (χ1v) is 10.1. The normalized spacial score (nSPS) is 18.5. The Morgan fingerprint density at radius 3 is 2.48 bits per heavy atom. The number of hydrogen-bond donors (Lipinski definition) is 0. The topological polar surface area (TPSA) is 46.6 Å². The number of fused-ring (bicyclic) bond motifs is 1. The van der Waals surface area contributed by atoms with Crippen molar-refractivity contribution < 1.29 is 13.2 Å². The van der Waals surface area contributed by atoms with Gasteiger partial charge in [-0.1, -0.05) is 49.7 Å². The number of nitrogens with zero attached hydrogens (tertiary/aromatic N) is 1. The number of ether oxygens (including phenoxy) is 1. The van der Waals surface area contributed by atoms with Gasteiger partial charge >= 0.3 is 0 Å². The summed E-state index contributed by atoms with van der Waals surface area (Å²) in [5.41, 5.74) is 1.95. The van der Waals surface area contributed by atoms with Crippen molar-refractivity contribution in [3.63, 3.8) is 0 Å². The van der Waals surface area contributed by atoms with E-state index < -0.39 is 10.0 Å². The molecule has 4 nitrogen and oxygen atoms in total. The largest absolute Gasteiger partial charge is 0.492 e. The highest BCUT2D eigenvalue weighted by molar-refractivity contribution is 7.89. The fourth-order valence-corrected chi connectivity index (χ4v) is 4.80. The van der Waals surface area contributed by atoms with E-state index in [1.54, 1.807) is 16.4 Å². The maximum Gasteiger partial charge on any atom is 0.243 e. The van der Waals surface area contributed by atoms with Gasteiger partial charge in [0.2, 0.25) is 10.0 Å². The van der Waals surface area contributed by atoms with Crippen LogP contribution in [0.4, 0.5) is 0 Å². The van der Waals surface area contributed by atoms with Crippen LogP contribution in [0.5, 0.6) is 5.75 Å². The van der Waals surface area contributed by atoms with Crippen molar-refractivity contribution in [3.05, 3.63) is 59.7 Å². The minimum atomic E-state index is -3.59. The first-order valence-electron chi connectivity index (χ1n) is 8.67. The van der Waals surface area contributed by atoms with Crippen LogP contribution in [0.3, 0.4) is 0 Å². The van der Waals surface area contributed by atoms with Crippen LogP contribution in [0.25, 0.3) is 0 Å². The zero-order valence-corrected chi connectivity index (χ0v) is 15.8. The Hall–Kier alpha value is -1.85. The molecule has 3 rings (SSSR count). The molecule has 25 heavy (non-hydrogen) atoms. The third kappa shape index (κ3) is 3.88. The van der Waals surface area contributed by atoms with Crippen LogP contribution >= 0.6 is 0 Å². The summed E-state index contributed by atoms with van der Waals surface area (Å²) in [5.74, 6) is 1.16. The van der Waals surface area contributed by atoms with E-state index in [2.05, 4.69) is 13.8 Å². The molecular weight excluding hydrogens is 334 g/mol. The summed E-state index contributed by atoms with van der Waals surface area (Å²) >= 11 is 0. The maximum atomic E-state index is 13.3. The van der Waals surface area contributed by atoms with Crippen molar-refractivity contribution >= 4 is 10.0 Å². The van der Waals surface area contributed by atoms with E-state index >= 15 is 0 Å². The van der Waals surface area contributed by atoms with Gasteiger partial charge in [0, 0.05) is 12.1 Å². The van der Waals surface area contributed by atoms with Crippen LogP contribution in [0.1, 0.15) is 31.4 Å². The van der Waals surface area contributed by atoms with E-state index in [4.69, 9.17) is 4.74 Å². The van der Waals surface area contributed by atoms with E-state index in [1.807, 2.05) is 43.3 Å². The van der Waals surface area contributed by atoms with Gasteiger partial charge < -0.3 is 4.74 Å². The van der Waals surface area contributed by atoms with Gasteiger partial charge in [0.15, 0.2) is 0 Å². The second kappa shape index (κ2) is 7.18.